The van der Waals surface area contributed by atoms with E-state index in [4.69, 9.17) is 4.74 Å². The second-order valence-corrected chi connectivity index (χ2v) is 5.61. The SMILES string of the molecule is CC[C@@H](C)NCc1ccc(OCc2ccc(C)cc2)cc1. The Morgan fingerprint density at radius 1 is 0.952 bits per heavy atom. The number of hydrogen-bond donors (Lipinski definition) is 1. The average molecular weight is 283 g/mol. The molecule has 0 aliphatic carbocycles. The van der Waals surface area contributed by atoms with Crippen molar-refractivity contribution in [2.75, 3.05) is 0 Å². The molecule has 0 heterocycles. The Morgan fingerprint density at radius 3 is 2.19 bits per heavy atom. The van der Waals surface area contributed by atoms with Crippen molar-refractivity contribution in [2.45, 2.75) is 46.4 Å². The van der Waals surface area contributed by atoms with Crippen LogP contribution in [0.5, 0.6) is 5.75 Å². The zero-order valence-corrected chi connectivity index (χ0v) is 13.2. The molecule has 2 nitrogen and oxygen atoms in total. The Hall–Kier alpha value is -1.80. The quantitative estimate of drug-likeness (QED) is 0.810. The minimum Gasteiger partial charge on any atom is -0.489 e. The molecule has 0 unspecified atom stereocenters. The van der Waals surface area contributed by atoms with Crippen molar-refractivity contribution in [2.24, 2.45) is 0 Å². The van der Waals surface area contributed by atoms with Crippen LogP contribution in [0.15, 0.2) is 48.5 Å². The van der Waals surface area contributed by atoms with E-state index in [1.54, 1.807) is 0 Å². The van der Waals surface area contributed by atoms with Crippen molar-refractivity contribution in [3.8, 4) is 5.75 Å². The molecule has 1 atom stereocenters. The van der Waals surface area contributed by atoms with E-state index in [0.717, 1.165) is 18.7 Å². The Bertz CT molecular complexity index is 530. The van der Waals surface area contributed by atoms with Crippen molar-refractivity contribution in [3.05, 3.63) is 65.2 Å². The molecule has 21 heavy (non-hydrogen) atoms. The van der Waals surface area contributed by atoms with Gasteiger partial charge in [-0.3, -0.25) is 0 Å². The van der Waals surface area contributed by atoms with Crippen LogP contribution >= 0.6 is 0 Å². The van der Waals surface area contributed by atoms with E-state index >= 15 is 0 Å². The lowest BCUT2D eigenvalue weighted by molar-refractivity contribution is 0.306. The van der Waals surface area contributed by atoms with Gasteiger partial charge in [-0.25, -0.2) is 0 Å². The third-order valence-corrected chi connectivity index (χ3v) is 3.72. The van der Waals surface area contributed by atoms with E-state index in [9.17, 15) is 0 Å². The molecule has 0 spiro atoms. The van der Waals surface area contributed by atoms with E-state index in [1.165, 1.54) is 16.7 Å². The van der Waals surface area contributed by atoms with Crippen molar-refractivity contribution >= 4 is 0 Å². The number of aryl methyl sites for hydroxylation is 1. The van der Waals surface area contributed by atoms with Crippen LogP contribution in [0.3, 0.4) is 0 Å². The Labute approximate surface area is 128 Å². The molecule has 0 aliphatic rings. The molecule has 0 bridgehead atoms. The molecule has 0 saturated heterocycles. The first-order valence-electron chi connectivity index (χ1n) is 7.68. The number of ether oxygens (including phenoxy) is 1. The maximum absolute atomic E-state index is 5.81. The molecule has 0 aromatic heterocycles. The van der Waals surface area contributed by atoms with E-state index in [0.29, 0.717) is 12.6 Å². The predicted molar refractivity (Wildman–Crippen MR) is 88.5 cm³/mol. The molecule has 2 heteroatoms. The van der Waals surface area contributed by atoms with Crippen molar-refractivity contribution in [1.82, 2.24) is 5.32 Å². The smallest absolute Gasteiger partial charge is 0.119 e. The summed E-state index contributed by atoms with van der Waals surface area (Å²) in [4.78, 5) is 0. The molecule has 0 amide bonds. The second kappa shape index (κ2) is 7.84. The molecule has 0 saturated carbocycles. The third-order valence-electron chi connectivity index (χ3n) is 3.72. The number of benzene rings is 2. The Kier molecular flexibility index (Phi) is 5.82. The zero-order valence-electron chi connectivity index (χ0n) is 13.2. The highest BCUT2D eigenvalue weighted by molar-refractivity contribution is 5.28. The van der Waals surface area contributed by atoms with Crippen LogP contribution in [0.1, 0.15) is 37.0 Å². The average Bonchev–Trinajstić information content (AvgIpc) is 2.53. The fourth-order valence-electron chi connectivity index (χ4n) is 1.99. The molecule has 112 valence electrons. The molecule has 0 aliphatic heterocycles. The molecule has 0 fully saturated rings. The highest BCUT2D eigenvalue weighted by atomic mass is 16.5. The van der Waals surface area contributed by atoms with Gasteiger partial charge in [0.15, 0.2) is 0 Å². The highest BCUT2D eigenvalue weighted by Gasteiger charge is 2.00. The van der Waals surface area contributed by atoms with Gasteiger partial charge >= 0.3 is 0 Å². The van der Waals surface area contributed by atoms with Gasteiger partial charge in [-0.15, -0.1) is 0 Å². The standard InChI is InChI=1S/C19H25NO/c1-4-16(3)20-13-17-9-11-19(12-10-17)21-14-18-7-5-15(2)6-8-18/h5-12,16,20H,4,13-14H2,1-3H3/t16-/m1/s1. The monoisotopic (exact) mass is 283 g/mol. The molecule has 1 N–H and O–H groups in total. The third kappa shape index (κ3) is 5.24. The summed E-state index contributed by atoms with van der Waals surface area (Å²) in [5.41, 5.74) is 3.76. The van der Waals surface area contributed by atoms with Gasteiger partial charge in [-0.1, -0.05) is 48.9 Å². The first-order valence-corrected chi connectivity index (χ1v) is 7.68. The largest absolute Gasteiger partial charge is 0.489 e. The van der Waals surface area contributed by atoms with Crippen LogP contribution in [0.25, 0.3) is 0 Å². The molecule has 2 aromatic rings. The first kappa shape index (κ1) is 15.6. The fraction of sp³-hybridized carbons (Fsp3) is 0.368. The van der Waals surface area contributed by atoms with E-state index in [-0.39, 0.29) is 0 Å². The van der Waals surface area contributed by atoms with Crippen LogP contribution in [0.4, 0.5) is 0 Å². The lowest BCUT2D eigenvalue weighted by Crippen LogP contribution is -2.24. The van der Waals surface area contributed by atoms with Gasteiger partial charge < -0.3 is 10.1 Å². The summed E-state index contributed by atoms with van der Waals surface area (Å²) < 4.78 is 5.81. The predicted octanol–water partition coefficient (Wildman–Crippen LogP) is 4.46. The van der Waals surface area contributed by atoms with E-state index in [2.05, 4.69) is 62.5 Å². The van der Waals surface area contributed by atoms with Gasteiger partial charge in [0.05, 0.1) is 0 Å². The van der Waals surface area contributed by atoms with Crippen LogP contribution in [0.2, 0.25) is 0 Å². The summed E-state index contributed by atoms with van der Waals surface area (Å²) in [5, 5.41) is 3.49. The maximum Gasteiger partial charge on any atom is 0.119 e. The zero-order chi connectivity index (χ0) is 15.1. The number of rotatable bonds is 7. The van der Waals surface area contributed by atoms with Crippen molar-refractivity contribution in [3.63, 3.8) is 0 Å². The summed E-state index contributed by atoms with van der Waals surface area (Å²) >= 11 is 0. The van der Waals surface area contributed by atoms with Crippen molar-refractivity contribution in [1.29, 1.82) is 0 Å². The van der Waals surface area contributed by atoms with Gasteiger partial charge in [-0.2, -0.15) is 0 Å². The summed E-state index contributed by atoms with van der Waals surface area (Å²) in [5.74, 6) is 0.919. The molecule has 0 radical (unpaired) electrons. The van der Waals surface area contributed by atoms with Crippen LogP contribution in [0, 0.1) is 6.92 Å². The van der Waals surface area contributed by atoms with Crippen LogP contribution < -0.4 is 10.1 Å². The lowest BCUT2D eigenvalue weighted by Gasteiger charge is -2.12. The molecular weight excluding hydrogens is 258 g/mol. The van der Waals surface area contributed by atoms with Crippen LogP contribution in [-0.2, 0) is 13.2 Å². The molecule has 2 rings (SSSR count). The normalized spacial score (nSPS) is 12.1. The topological polar surface area (TPSA) is 21.3 Å². The highest BCUT2D eigenvalue weighted by Crippen LogP contribution is 2.14. The maximum atomic E-state index is 5.81. The van der Waals surface area contributed by atoms with E-state index < -0.39 is 0 Å². The number of hydrogen-bond acceptors (Lipinski definition) is 2. The Balaban J connectivity index is 1.83. The van der Waals surface area contributed by atoms with Gasteiger partial charge in [0.2, 0.25) is 0 Å². The Morgan fingerprint density at radius 2 is 1.57 bits per heavy atom. The minimum absolute atomic E-state index is 0.558. The second-order valence-electron chi connectivity index (χ2n) is 5.61. The summed E-state index contributed by atoms with van der Waals surface area (Å²) in [7, 11) is 0. The molecular formula is C19H25NO. The summed E-state index contributed by atoms with van der Waals surface area (Å²) in [6.07, 6.45) is 1.15. The van der Waals surface area contributed by atoms with Gasteiger partial charge in [0.25, 0.3) is 0 Å². The summed E-state index contributed by atoms with van der Waals surface area (Å²) in [6.45, 7) is 8.02. The lowest BCUT2D eigenvalue weighted by atomic mass is 10.1. The molecule has 2 aromatic carbocycles. The van der Waals surface area contributed by atoms with Gasteiger partial charge in [0, 0.05) is 12.6 Å². The first-order chi connectivity index (χ1) is 10.2. The van der Waals surface area contributed by atoms with Crippen molar-refractivity contribution < 1.29 is 4.74 Å². The summed E-state index contributed by atoms with van der Waals surface area (Å²) in [6, 6.07) is 17.3. The van der Waals surface area contributed by atoms with Gasteiger partial charge in [-0.05, 0) is 43.5 Å². The fourth-order valence-corrected chi connectivity index (χ4v) is 1.99. The van der Waals surface area contributed by atoms with Gasteiger partial charge in [0.1, 0.15) is 12.4 Å². The minimum atomic E-state index is 0.558. The number of nitrogens with one attached hydrogen (secondary N) is 1. The van der Waals surface area contributed by atoms with Crippen LogP contribution in [-0.4, -0.2) is 6.04 Å². The van der Waals surface area contributed by atoms with E-state index in [1.807, 2.05) is 12.1 Å².